The van der Waals surface area contributed by atoms with Gasteiger partial charge in [-0.15, -0.1) is 0 Å². The first-order valence-corrected chi connectivity index (χ1v) is 6.10. The Bertz CT molecular complexity index is 626. The van der Waals surface area contributed by atoms with Crippen molar-refractivity contribution in [2.45, 2.75) is 6.42 Å². The maximum Gasteiger partial charge on any atom is 0.228 e. The monoisotopic (exact) mass is 272 g/mol. The van der Waals surface area contributed by atoms with Crippen LogP contribution < -0.4 is 15.8 Å². The highest BCUT2D eigenvalue weighted by atomic mass is 16.5. The summed E-state index contributed by atoms with van der Waals surface area (Å²) in [6.07, 6.45) is 0.191. The summed E-state index contributed by atoms with van der Waals surface area (Å²) in [6.45, 7) is 0. The second kappa shape index (κ2) is 5.97. The van der Waals surface area contributed by atoms with Gasteiger partial charge in [0.2, 0.25) is 5.91 Å². The molecule has 0 aromatic heterocycles. The van der Waals surface area contributed by atoms with Gasteiger partial charge >= 0.3 is 0 Å². The zero-order valence-corrected chi connectivity index (χ0v) is 11.1. The van der Waals surface area contributed by atoms with Crippen LogP contribution in [-0.4, -0.2) is 18.1 Å². The van der Waals surface area contributed by atoms with Crippen LogP contribution in [0.4, 0.5) is 11.4 Å². The number of carbonyl (C=O) groups excluding carboxylic acids is 1. The minimum Gasteiger partial charge on any atom is -0.506 e. The fraction of sp³-hybridized carbons (Fsp3) is 0.133. The van der Waals surface area contributed by atoms with Gasteiger partial charge in [0.1, 0.15) is 11.5 Å². The maximum absolute atomic E-state index is 11.9. The second-order valence-electron chi connectivity index (χ2n) is 4.35. The number of nitrogens with two attached hydrogens (primary N) is 1. The second-order valence-corrected chi connectivity index (χ2v) is 4.35. The zero-order chi connectivity index (χ0) is 14.5. The standard InChI is InChI=1S/C15H16N2O3/c1-20-12-5-6-13(14(18)9-12)17-15(19)8-10-3-2-4-11(16)7-10/h2-7,9,18H,8,16H2,1H3,(H,17,19). The molecular formula is C15H16N2O3. The van der Waals surface area contributed by atoms with E-state index in [-0.39, 0.29) is 18.1 Å². The first-order valence-electron chi connectivity index (χ1n) is 6.10. The highest BCUT2D eigenvalue weighted by Gasteiger charge is 2.08. The molecular weight excluding hydrogens is 256 g/mol. The average Bonchev–Trinajstić information content (AvgIpc) is 2.41. The van der Waals surface area contributed by atoms with Crippen LogP contribution >= 0.6 is 0 Å². The number of carbonyl (C=O) groups is 1. The number of phenols is 1. The predicted octanol–water partition coefficient (Wildman–Crippen LogP) is 2.16. The first-order chi connectivity index (χ1) is 9.58. The Morgan fingerprint density at radius 2 is 2.10 bits per heavy atom. The molecule has 4 N–H and O–H groups in total. The molecule has 0 atom stereocenters. The number of aromatic hydroxyl groups is 1. The van der Waals surface area contributed by atoms with Gasteiger partial charge in [-0.25, -0.2) is 0 Å². The molecule has 0 bridgehead atoms. The molecule has 5 heteroatoms. The summed E-state index contributed by atoms with van der Waals surface area (Å²) in [5.41, 5.74) is 7.43. The van der Waals surface area contributed by atoms with E-state index in [1.165, 1.54) is 13.2 Å². The average molecular weight is 272 g/mol. The van der Waals surface area contributed by atoms with Crippen molar-refractivity contribution in [1.82, 2.24) is 0 Å². The normalized spacial score (nSPS) is 10.1. The van der Waals surface area contributed by atoms with Gasteiger partial charge in [0.15, 0.2) is 0 Å². The van der Waals surface area contributed by atoms with E-state index < -0.39 is 0 Å². The quantitative estimate of drug-likeness (QED) is 0.588. The number of methoxy groups -OCH3 is 1. The van der Waals surface area contributed by atoms with Crippen LogP contribution in [0.1, 0.15) is 5.56 Å². The molecule has 0 aliphatic heterocycles. The van der Waals surface area contributed by atoms with Gasteiger partial charge in [0.05, 0.1) is 19.2 Å². The van der Waals surface area contributed by atoms with Crippen molar-refractivity contribution in [1.29, 1.82) is 0 Å². The van der Waals surface area contributed by atoms with Crippen molar-refractivity contribution in [3.05, 3.63) is 48.0 Å². The number of benzene rings is 2. The van der Waals surface area contributed by atoms with Crippen molar-refractivity contribution >= 4 is 17.3 Å². The summed E-state index contributed by atoms with van der Waals surface area (Å²) in [5.74, 6) is 0.262. The molecule has 2 aromatic rings. The smallest absolute Gasteiger partial charge is 0.228 e. The van der Waals surface area contributed by atoms with Gasteiger partial charge in [-0.05, 0) is 29.8 Å². The van der Waals surface area contributed by atoms with Crippen molar-refractivity contribution in [2.75, 3.05) is 18.2 Å². The molecule has 5 nitrogen and oxygen atoms in total. The highest BCUT2D eigenvalue weighted by Crippen LogP contribution is 2.27. The molecule has 2 rings (SSSR count). The Hall–Kier alpha value is -2.69. The van der Waals surface area contributed by atoms with Crippen LogP contribution in [0.15, 0.2) is 42.5 Å². The van der Waals surface area contributed by atoms with E-state index >= 15 is 0 Å². The van der Waals surface area contributed by atoms with Crippen LogP contribution in [0.3, 0.4) is 0 Å². The Balaban J connectivity index is 2.05. The van der Waals surface area contributed by atoms with Crippen molar-refractivity contribution in [3.8, 4) is 11.5 Å². The topological polar surface area (TPSA) is 84.6 Å². The van der Waals surface area contributed by atoms with Gasteiger partial charge in [0, 0.05) is 11.8 Å². The Morgan fingerprint density at radius 1 is 1.30 bits per heavy atom. The van der Waals surface area contributed by atoms with E-state index in [4.69, 9.17) is 10.5 Å². The summed E-state index contributed by atoms with van der Waals surface area (Å²) >= 11 is 0. The SMILES string of the molecule is COc1ccc(NC(=O)Cc2cccc(N)c2)c(O)c1. The number of amides is 1. The van der Waals surface area contributed by atoms with E-state index in [1.54, 1.807) is 30.3 Å². The van der Waals surface area contributed by atoms with E-state index in [0.717, 1.165) is 5.56 Å². The van der Waals surface area contributed by atoms with Crippen molar-refractivity contribution < 1.29 is 14.6 Å². The Kier molecular flexibility index (Phi) is 4.10. The lowest BCUT2D eigenvalue weighted by Crippen LogP contribution is -2.14. The number of nitrogens with one attached hydrogen (secondary N) is 1. The molecule has 0 heterocycles. The molecule has 20 heavy (non-hydrogen) atoms. The maximum atomic E-state index is 11.9. The Morgan fingerprint density at radius 3 is 2.75 bits per heavy atom. The molecule has 0 radical (unpaired) electrons. The van der Waals surface area contributed by atoms with Crippen LogP contribution in [0.5, 0.6) is 11.5 Å². The van der Waals surface area contributed by atoms with Gasteiger partial charge in [0.25, 0.3) is 0 Å². The molecule has 0 aliphatic rings. The van der Waals surface area contributed by atoms with Gasteiger partial charge in [-0.1, -0.05) is 12.1 Å². The van der Waals surface area contributed by atoms with E-state index in [2.05, 4.69) is 5.32 Å². The third-order valence-corrected chi connectivity index (χ3v) is 2.79. The molecule has 1 amide bonds. The highest BCUT2D eigenvalue weighted by molar-refractivity contribution is 5.93. The number of anilines is 2. The summed E-state index contributed by atoms with van der Waals surface area (Å²) < 4.78 is 4.98. The summed E-state index contributed by atoms with van der Waals surface area (Å²) in [5, 5.41) is 12.4. The lowest BCUT2D eigenvalue weighted by molar-refractivity contribution is -0.115. The van der Waals surface area contributed by atoms with Crippen LogP contribution in [0.2, 0.25) is 0 Å². The molecule has 0 saturated carbocycles. The summed E-state index contributed by atoms with van der Waals surface area (Å²) in [6, 6.07) is 11.8. The molecule has 0 fully saturated rings. The molecule has 104 valence electrons. The number of hydrogen-bond donors (Lipinski definition) is 3. The van der Waals surface area contributed by atoms with Crippen molar-refractivity contribution in [3.63, 3.8) is 0 Å². The third-order valence-electron chi connectivity index (χ3n) is 2.79. The Labute approximate surface area is 117 Å². The van der Waals surface area contributed by atoms with Crippen molar-refractivity contribution in [2.24, 2.45) is 0 Å². The summed E-state index contributed by atoms with van der Waals surface area (Å²) in [4.78, 5) is 11.9. The first kappa shape index (κ1) is 13.7. The number of rotatable bonds is 4. The molecule has 0 aliphatic carbocycles. The predicted molar refractivity (Wildman–Crippen MR) is 77.8 cm³/mol. The lowest BCUT2D eigenvalue weighted by atomic mass is 10.1. The minimum atomic E-state index is -0.226. The zero-order valence-electron chi connectivity index (χ0n) is 11.1. The number of ether oxygens (including phenoxy) is 1. The fourth-order valence-corrected chi connectivity index (χ4v) is 1.83. The van der Waals surface area contributed by atoms with E-state index in [0.29, 0.717) is 17.1 Å². The van der Waals surface area contributed by atoms with Gasteiger partial charge in [-0.2, -0.15) is 0 Å². The van der Waals surface area contributed by atoms with Crippen LogP contribution in [0.25, 0.3) is 0 Å². The molecule has 2 aromatic carbocycles. The number of nitrogen functional groups attached to an aromatic ring is 1. The molecule has 0 saturated heterocycles. The van der Waals surface area contributed by atoms with Gasteiger partial charge < -0.3 is 20.9 Å². The molecule has 0 unspecified atom stereocenters. The van der Waals surface area contributed by atoms with Crippen LogP contribution in [-0.2, 0) is 11.2 Å². The largest absolute Gasteiger partial charge is 0.506 e. The molecule has 0 spiro atoms. The third kappa shape index (κ3) is 3.41. The fourth-order valence-electron chi connectivity index (χ4n) is 1.83. The minimum absolute atomic E-state index is 0.0368. The van der Waals surface area contributed by atoms with Gasteiger partial charge in [-0.3, -0.25) is 4.79 Å². The number of hydrogen-bond acceptors (Lipinski definition) is 4. The van der Waals surface area contributed by atoms with Crippen LogP contribution in [0, 0.1) is 0 Å². The number of phenolic OH excluding ortho intramolecular Hbond substituents is 1. The lowest BCUT2D eigenvalue weighted by Gasteiger charge is -2.09. The summed E-state index contributed by atoms with van der Waals surface area (Å²) in [7, 11) is 1.51. The van der Waals surface area contributed by atoms with E-state index in [9.17, 15) is 9.90 Å². The van der Waals surface area contributed by atoms with E-state index in [1.807, 2.05) is 6.07 Å².